The molecule has 3 nitrogen and oxygen atoms in total. The minimum Gasteiger partial charge on any atom is -0.313 e. The van der Waals surface area contributed by atoms with E-state index in [1.807, 2.05) is 17.9 Å². The summed E-state index contributed by atoms with van der Waals surface area (Å²) in [6, 6.07) is 0.417. The summed E-state index contributed by atoms with van der Waals surface area (Å²) in [4.78, 5) is 0. The molecule has 0 aliphatic heterocycles. The molecular formula is C11H21N3. The lowest BCUT2D eigenvalue weighted by Crippen LogP contribution is -2.21. The van der Waals surface area contributed by atoms with Gasteiger partial charge in [-0.05, 0) is 19.4 Å². The molecule has 0 bridgehead atoms. The molecule has 1 aromatic rings. The highest BCUT2D eigenvalue weighted by molar-refractivity contribution is 5.10. The van der Waals surface area contributed by atoms with Crippen LogP contribution in [0.25, 0.3) is 0 Å². The van der Waals surface area contributed by atoms with E-state index in [-0.39, 0.29) is 0 Å². The molecule has 1 atom stereocenters. The molecule has 1 heterocycles. The van der Waals surface area contributed by atoms with Crippen LogP contribution < -0.4 is 5.32 Å². The molecule has 0 aromatic carbocycles. The second kappa shape index (κ2) is 5.15. The molecule has 0 radical (unpaired) electrons. The quantitative estimate of drug-likeness (QED) is 0.780. The Bertz CT molecular complexity index is 265. The first kappa shape index (κ1) is 11.2. The standard InChI is InChI=1S/C11H21N3/c1-5-6-14-8-10(7-13-14)11(12-4)9(2)3/h7-9,11-12H,5-6H2,1-4H3. The van der Waals surface area contributed by atoms with Crippen LogP contribution in [0.15, 0.2) is 12.4 Å². The van der Waals surface area contributed by atoms with Crippen molar-refractivity contribution in [2.24, 2.45) is 5.92 Å². The van der Waals surface area contributed by atoms with Crippen molar-refractivity contribution < 1.29 is 0 Å². The molecule has 0 amide bonds. The zero-order valence-corrected chi connectivity index (χ0v) is 9.62. The second-order valence-corrected chi connectivity index (χ2v) is 4.05. The fourth-order valence-electron chi connectivity index (χ4n) is 1.78. The molecule has 0 aliphatic rings. The zero-order chi connectivity index (χ0) is 10.6. The highest BCUT2D eigenvalue weighted by atomic mass is 15.3. The average Bonchev–Trinajstić information content (AvgIpc) is 2.54. The summed E-state index contributed by atoms with van der Waals surface area (Å²) in [6.45, 7) is 7.62. The molecule has 14 heavy (non-hydrogen) atoms. The van der Waals surface area contributed by atoms with Gasteiger partial charge in [0.2, 0.25) is 0 Å². The summed E-state index contributed by atoms with van der Waals surface area (Å²) in [5.74, 6) is 0.597. The van der Waals surface area contributed by atoms with Crippen LogP contribution >= 0.6 is 0 Å². The summed E-state index contributed by atoms with van der Waals surface area (Å²) in [6.07, 6.45) is 5.24. The van der Waals surface area contributed by atoms with E-state index in [1.165, 1.54) is 5.56 Å². The highest BCUT2D eigenvalue weighted by Crippen LogP contribution is 2.20. The molecule has 1 unspecified atom stereocenters. The number of hydrogen-bond acceptors (Lipinski definition) is 2. The van der Waals surface area contributed by atoms with E-state index in [0.717, 1.165) is 13.0 Å². The maximum Gasteiger partial charge on any atom is 0.0537 e. The molecular weight excluding hydrogens is 174 g/mol. The second-order valence-electron chi connectivity index (χ2n) is 4.05. The largest absolute Gasteiger partial charge is 0.313 e. The first-order valence-corrected chi connectivity index (χ1v) is 5.38. The van der Waals surface area contributed by atoms with Crippen LogP contribution in [0.4, 0.5) is 0 Å². The third-order valence-corrected chi connectivity index (χ3v) is 2.44. The molecule has 1 N–H and O–H groups in total. The van der Waals surface area contributed by atoms with Crippen LogP contribution in [0.5, 0.6) is 0 Å². The third kappa shape index (κ3) is 2.58. The van der Waals surface area contributed by atoms with E-state index in [0.29, 0.717) is 12.0 Å². The summed E-state index contributed by atoms with van der Waals surface area (Å²) in [7, 11) is 2.00. The van der Waals surface area contributed by atoms with Crippen molar-refractivity contribution in [2.75, 3.05) is 7.05 Å². The molecule has 0 aliphatic carbocycles. The van der Waals surface area contributed by atoms with Gasteiger partial charge in [-0.1, -0.05) is 20.8 Å². The van der Waals surface area contributed by atoms with Crippen molar-refractivity contribution in [1.29, 1.82) is 0 Å². The van der Waals surface area contributed by atoms with E-state index in [9.17, 15) is 0 Å². The first-order chi connectivity index (χ1) is 6.69. The fourth-order valence-corrected chi connectivity index (χ4v) is 1.78. The van der Waals surface area contributed by atoms with E-state index in [1.54, 1.807) is 0 Å². The van der Waals surface area contributed by atoms with Crippen LogP contribution in [-0.4, -0.2) is 16.8 Å². The van der Waals surface area contributed by atoms with Crippen LogP contribution in [0.3, 0.4) is 0 Å². The summed E-state index contributed by atoms with van der Waals surface area (Å²) in [5.41, 5.74) is 1.29. The lowest BCUT2D eigenvalue weighted by molar-refractivity contribution is 0.442. The van der Waals surface area contributed by atoms with Crippen molar-refractivity contribution in [3.8, 4) is 0 Å². The lowest BCUT2D eigenvalue weighted by atomic mass is 9.99. The topological polar surface area (TPSA) is 29.9 Å². The zero-order valence-electron chi connectivity index (χ0n) is 9.62. The van der Waals surface area contributed by atoms with Crippen molar-refractivity contribution in [3.63, 3.8) is 0 Å². The van der Waals surface area contributed by atoms with E-state index in [2.05, 4.69) is 37.4 Å². The van der Waals surface area contributed by atoms with Crippen molar-refractivity contribution in [3.05, 3.63) is 18.0 Å². The third-order valence-electron chi connectivity index (χ3n) is 2.44. The van der Waals surface area contributed by atoms with Gasteiger partial charge in [0, 0.05) is 24.3 Å². The van der Waals surface area contributed by atoms with Gasteiger partial charge in [-0.15, -0.1) is 0 Å². The van der Waals surface area contributed by atoms with Gasteiger partial charge in [0.1, 0.15) is 0 Å². The Labute approximate surface area is 86.5 Å². The molecule has 80 valence electrons. The van der Waals surface area contributed by atoms with Gasteiger partial charge in [0.25, 0.3) is 0 Å². The van der Waals surface area contributed by atoms with E-state index in [4.69, 9.17) is 0 Å². The van der Waals surface area contributed by atoms with Crippen LogP contribution in [0.1, 0.15) is 38.8 Å². The van der Waals surface area contributed by atoms with E-state index < -0.39 is 0 Å². The number of hydrogen-bond donors (Lipinski definition) is 1. The molecule has 0 saturated heterocycles. The molecule has 1 aromatic heterocycles. The van der Waals surface area contributed by atoms with Crippen molar-refractivity contribution in [2.45, 2.75) is 39.8 Å². The Morgan fingerprint density at radius 1 is 1.50 bits per heavy atom. The van der Waals surface area contributed by atoms with Gasteiger partial charge in [0.15, 0.2) is 0 Å². The van der Waals surface area contributed by atoms with Crippen molar-refractivity contribution in [1.82, 2.24) is 15.1 Å². The SMILES string of the molecule is CCCn1cc(C(NC)C(C)C)cn1. The summed E-state index contributed by atoms with van der Waals surface area (Å²) in [5, 5.41) is 7.65. The maximum atomic E-state index is 4.33. The monoisotopic (exact) mass is 195 g/mol. The fraction of sp³-hybridized carbons (Fsp3) is 0.727. The van der Waals surface area contributed by atoms with Crippen LogP contribution in [-0.2, 0) is 6.54 Å². The van der Waals surface area contributed by atoms with Crippen LogP contribution in [0.2, 0.25) is 0 Å². The number of aryl methyl sites for hydroxylation is 1. The number of aromatic nitrogens is 2. The smallest absolute Gasteiger partial charge is 0.0537 e. The predicted octanol–water partition coefficient (Wildman–Crippen LogP) is 2.21. The van der Waals surface area contributed by atoms with Gasteiger partial charge in [-0.2, -0.15) is 5.10 Å². The van der Waals surface area contributed by atoms with Gasteiger partial charge in [-0.25, -0.2) is 0 Å². The van der Waals surface area contributed by atoms with E-state index >= 15 is 0 Å². The van der Waals surface area contributed by atoms with Gasteiger partial charge in [-0.3, -0.25) is 4.68 Å². The normalized spacial score (nSPS) is 13.5. The Morgan fingerprint density at radius 3 is 2.71 bits per heavy atom. The Balaban J connectivity index is 2.73. The molecule has 1 rings (SSSR count). The number of rotatable bonds is 5. The minimum atomic E-state index is 0.417. The molecule has 0 fully saturated rings. The number of nitrogens with one attached hydrogen (secondary N) is 1. The molecule has 3 heteroatoms. The lowest BCUT2D eigenvalue weighted by Gasteiger charge is -2.18. The highest BCUT2D eigenvalue weighted by Gasteiger charge is 2.14. The van der Waals surface area contributed by atoms with Gasteiger partial charge >= 0.3 is 0 Å². The molecule has 0 spiro atoms. The first-order valence-electron chi connectivity index (χ1n) is 5.38. The maximum absolute atomic E-state index is 4.33. The Hall–Kier alpha value is -0.830. The van der Waals surface area contributed by atoms with Crippen molar-refractivity contribution >= 4 is 0 Å². The summed E-state index contributed by atoms with van der Waals surface area (Å²) >= 11 is 0. The van der Waals surface area contributed by atoms with Gasteiger partial charge < -0.3 is 5.32 Å². The predicted molar refractivity (Wildman–Crippen MR) is 59.2 cm³/mol. The summed E-state index contributed by atoms with van der Waals surface area (Å²) < 4.78 is 2.02. The van der Waals surface area contributed by atoms with Crippen LogP contribution in [0, 0.1) is 5.92 Å². The Kier molecular flexibility index (Phi) is 4.14. The minimum absolute atomic E-state index is 0.417. The average molecular weight is 195 g/mol. The van der Waals surface area contributed by atoms with Gasteiger partial charge in [0.05, 0.1) is 6.20 Å². The molecule has 0 saturated carbocycles. The number of nitrogens with zero attached hydrogens (tertiary/aromatic N) is 2. The Morgan fingerprint density at radius 2 is 2.21 bits per heavy atom.